The average molecular weight is 263 g/mol. The molecular weight excluding hydrogens is 246 g/mol. The molecule has 0 spiro atoms. The predicted octanol–water partition coefficient (Wildman–Crippen LogP) is 2.20. The quantitative estimate of drug-likeness (QED) is 0.921. The van der Waals surface area contributed by atoms with Crippen molar-refractivity contribution < 1.29 is 4.42 Å². The standard InChI is InChI=1S/C13H17N3OS/c1-10-6-14-3-4-16(10)7-12-9-18-13(15-12)11-2-5-17-8-11/h2,5,8-10,14H,3-4,6-7H2,1H3/t10-/m1/s1. The van der Waals surface area contributed by atoms with E-state index in [-0.39, 0.29) is 0 Å². The smallest absolute Gasteiger partial charge is 0.126 e. The van der Waals surface area contributed by atoms with Crippen molar-refractivity contribution in [1.82, 2.24) is 15.2 Å². The summed E-state index contributed by atoms with van der Waals surface area (Å²) in [5, 5.41) is 6.60. The molecule has 0 bridgehead atoms. The molecule has 4 nitrogen and oxygen atoms in total. The van der Waals surface area contributed by atoms with E-state index in [1.54, 1.807) is 23.9 Å². The summed E-state index contributed by atoms with van der Waals surface area (Å²) in [6, 6.07) is 2.54. The van der Waals surface area contributed by atoms with Crippen LogP contribution >= 0.6 is 11.3 Å². The summed E-state index contributed by atoms with van der Waals surface area (Å²) in [6.45, 7) is 6.44. The summed E-state index contributed by atoms with van der Waals surface area (Å²) >= 11 is 1.68. The van der Waals surface area contributed by atoms with E-state index in [0.29, 0.717) is 6.04 Å². The minimum atomic E-state index is 0.581. The van der Waals surface area contributed by atoms with Crippen molar-refractivity contribution >= 4 is 11.3 Å². The van der Waals surface area contributed by atoms with Crippen molar-refractivity contribution in [2.24, 2.45) is 0 Å². The molecule has 2 aromatic heterocycles. The van der Waals surface area contributed by atoms with Crippen LogP contribution in [0.15, 0.2) is 28.4 Å². The summed E-state index contributed by atoms with van der Waals surface area (Å²) in [7, 11) is 0. The van der Waals surface area contributed by atoms with Gasteiger partial charge in [-0.05, 0) is 13.0 Å². The van der Waals surface area contributed by atoms with E-state index in [0.717, 1.165) is 42.4 Å². The molecule has 5 heteroatoms. The minimum absolute atomic E-state index is 0.581. The molecule has 1 aliphatic rings. The molecule has 1 aliphatic heterocycles. The third kappa shape index (κ3) is 2.48. The fraction of sp³-hybridized carbons (Fsp3) is 0.462. The maximum Gasteiger partial charge on any atom is 0.126 e. The van der Waals surface area contributed by atoms with Gasteiger partial charge in [0.25, 0.3) is 0 Å². The predicted molar refractivity (Wildman–Crippen MR) is 72.6 cm³/mol. The SMILES string of the molecule is C[C@@H]1CNCCN1Cc1csc(-c2ccoc2)n1. The molecule has 96 valence electrons. The first kappa shape index (κ1) is 11.9. The first-order valence-corrected chi connectivity index (χ1v) is 7.12. The van der Waals surface area contributed by atoms with E-state index >= 15 is 0 Å². The molecule has 3 rings (SSSR count). The normalized spacial score (nSPS) is 21.3. The number of thiazole rings is 1. The van der Waals surface area contributed by atoms with Crippen LogP contribution in [0.1, 0.15) is 12.6 Å². The number of nitrogens with one attached hydrogen (secondary N) is 1. The maximum atomic E-state index is 5.09. The largest absolute Gasteiger partial charge is 0.472 e. The van der Waals surface area contributed by atoms with Crippen LogP contribution in [-0.4, -0.2) is 35.6 Å². The van der Waals surface area contributed by atoms with Gasteiger partial charge < -0.3 is 9.73 Å². The average Bonchev–Trinajstić information content (AvgIpc) is 3.02. The Balaban J connectivity index is 1.70. The van der Waals surface area contributed by atoms with Crippen molar-refractivity contribution in [3.05, 3.63) is 29.7 Å². The van der Waals surface area contributed by atoms with Gasteiger partial charge in [0.1, 0.15) is 11.3 Å². The summed E-state index contributed by atoms with van der Waals surface area (Å²) in [5.74, 6) is 0. The number of hydrogen-bond donors (Lipinski definition) is 1. The van der Waals surface area contributed by atoms with Crippen LogP contribution in [0.4, 0.5) is 0 Å². The highest BCUT2D eigenvalue weighted by atomic mass is 32.1. The third-order valence-corrected chi connectivity index (χ3v) is 4.26. The molecule has 0 saturated carbocycles. The van der Waals surface area contributed by atoms with Crippen molar-refractivity contribution in [2.45, 2.75) is 19.5 Å². The number of hydrogen-bond acceptors (Lipinski definition) is 5. The Morgan fingerprint density at radius 2 is 2.56 bits per heavy atom. The lowest BCUT2D eigenvalue weighted by Crippen LogP contribution is -2.49. The Morgan fingerprint density at radius 3 is 3.33 bits per heavy atom. The monoisotopic (exact) mass is 263 g/mol. The van der Waals surface area contributed by atoms with E-state index in [2.05, 4.69) is 27.5 Å². The van der Waals surface area contributed by atoms with Crippen LogP contribution in [0.5, 0.6) is 0 Å². The van der Waals surface area contributed by atoms with Crippen LogP contribution in [0, 0.1) is 0 Å². The number of nitrogens with zero attached hydrogens (tertiary/aromatic N) is 2. The molecule has 0 amide bonds. The second-order valence-corrected chi connectivity index (χ2v) is 5.54. The van der Waals surface area contributed by atoms with Gasteiger partial charge in [-0.3, -0.25) is 4.90 Å². The maximum absolute atomic E-state index is 5.09. The highest BCUT2D eigenvalue weighted by Crippen LogP contribution is 2.24. The van der Waals surface area contributed by atoms with Gasteiger partial charge in [-0.1, -0.05) is 0 Å². The number of piperazine rings is 1. The summed E-state index contributed by atoms with van der Waals surface area (Å²) in [4.78, 5) is 7.15. The molecule has 3 heterocycles. The second-order valence-electron chi connectivity index (χ2n) is 4.68. The fourth-order valence-electron chi connectivity index (χ4n) is 2.22. The summed E-state index contributed by atoms with van der Waals surface area (Å²) in [6.07, 6.45) is 3.44. The zero-order chi connectivity index (χ0) is 12.4. The van der Waals surface area contributed by atoms with Crippen LogP contribution in [0.25, 0.3) is 10.6 Å². The van der Waals surface area contributed by atoms with Crippen molar-refractivity contribution in [1.29, 1.82) is 0 Å². The van der Waals surface area contributed by atoms with Gasteiger partial charge in [0.2, 0.25) is 0 Å². The second kappa shape index (κ2) is 5.22. The molecule has 1 saturated heterocycles. The molecule has 1 fully saturated rings. The Hall–Kier alpha value is -1.17. The minimum Gasteiger partial charge on any atom is -0.472 e. The van der Waals surface area contributed by atoms with Gasteiger partial charge in [0.15, 0.2) is 0 Å². The molecular formula is C13H17N3OS. The van der Waals surface area contributed by atoms with Crippen LogP contribution in [0.2, 0.25) is 0 Å². The first-order chi connectivity index (χ1) is 8.83. The van der Waals surface area contributed by atoms with E-state index in [4.69, 9.17) is 4.42 Å². The highest BCUT2D eigenvalue weighted by molar-refractivity contribution is 7.13. The Kier molecular flexibility index (Phi) is 3.45. The lowest BCUT2D eigenvalue weighted by Gasteiger charge is -2.33. The molecule has 1 N–H and O–H groups in total. The van der Waals surface area contributed by atoms with Crippen molar-refractivity contribution in [3.63, 3.8) is 0 Å². The Bertz CT molecular complexity index is 494. The van der Waals surface area contributed by atoms with Gasteiger partial charge in [0, 0.05) is 43.2 Å². The number of furan rings is 1. The third-order valence-electron chi connectivity index (χ3n) is 3.32. The Labute approximate surface area is 111 Å². The molecule has 0 aliphatic carbocycles. The molecule has 18 heavy (non-hydrogen) atoms. The molecule has 0 unspecified atom stereocenters. The van der Waals surface area contributed by atoms with Gasteiger partial charge >= 0.3 is 0 Å². The summed E-state index contributed by atoms with van der Waals surface area (Å²) < 4.78 is 5.09. The highest BCUT2D eigenvalue weighted by Gasteiger charge is 2.19. The van der Waals surface area contributed by atoms with Gasteiger partial charge in [-0.25, -0.2) is 4.98 Å². The van der Waals surface area contributed by atoms with Crippen molar-refractivity contribution in [2.75, 3.05) is 19.6 Å². The lowest BCUT2D eigenvalue weighted by atomic mass is 10.2. The number of aromatic nitrogens is 1. The van der Waals surface area contributed by atoms with Crippen LogP contribution < -0.4 is 5.32 Å². The number of rotatable bonds is 3. The zero-order valence-electron chi connectivity index (χ0n) is 10.4. The molecule has 2 aromatic rings. The van der Waals surface area contributed by atoms with Gasteiger partial charge in [-0.15, -0.1) is 11.3 Å². The van der Waals surface area contributed by atoms with Crippen molar-refractivity contribution in [3.8, 4) is 10.6 Å². The van der Waals surface area contributed by atoms with E-state index in [9.17, 15) is 0 Å². The lowest BCUT2D eigenvalue weighted by molar-refractivity contribution is 0.164. The van der Waals surface area contributed by atoms with Gasteiger partial charge in [0.05, 0.1) is 12.0 Å². The first-order valence-electron chi connectivity index (χ1n) is 6.24. The Morgan fingerprint density at radius 1 is 1.61 bits per heavy atom. The van der Waals surface area contributed by atoms with E-state index < -0.39 is 0 Å². The van der Waals surface area contributed by atoms with E-state index in [1.165, 1.54) is 0 Å². The molecule has 1 atom stereocenters. The molecule has 0 aromatic carbocycles. The topological polar surface area (TPSA) is 41.3 Å². The molecule has 0 radical (unpaired) electrons. The van der Waals surface area contributed by atoms with E-state index in [1.807, 2.05) is 6.07 Å². The fourth-order valence-corrected chi connectivity index (χ4v) is 3.02. The summed E-state index contributed by atoms with van der Waals surface area (Å²) in [5.41, 5.74) is 2.23. The zero-order valence-corrected chi connectivity index (χ0v) is 11.2. The van der Waals surface area contributed by atoms with Gasteiger partial charge in [-0.2, -0.15) is 0 Å². The van der Waals surface area contributed by atoms with Crippen LogP contribution in [0.3, 0.4) is 0 Å². The van der Waals surface area contributed by atoms with Crippen LogP contribution in [-0.2, 0) is 6.54 Å².